The molecular weight excluding hydrogens is 470 g/mol. The Morgan fingerprint density at radius 1 is 1.06 bits per heavy atom. The number of hydrogen-bond acceptors (Lipinski definition) is 6. The maximum absolute atomic E-state index is 13.0. The molecule has 35 heavy (non-hydrogen) atoms. The SMILES string of the molecule is CC1CCN(S(=O)(=O)c2ccc(N3CC(C(=O)NCc4ccc5c(c4)OCO5)CC3=O)cc2)CC1. The zero-order valence-electron chi connectivity index (χ0n) is 19.6. The molecule has 0 aromatic heterocycles. The van der Waals surface area contributed by atoms with Crippen LogP contribution in [0.15, 0.2) is 47.4 Å². The molecule has 1 unspecified atom stereocenters. The molecule has 9 nitrogen and oxygen atoms in total. The Morgan fingerprint density at radius 2 is 1.77 bits per heavy atom. The largest absolute Gasteiger partial charge is 0.454 e. The van der Waals surface area contributed by atoms with Crippen molar-refractivity contribution in [2.75, 3.05) is 31.3 Å². The lowest BCUT2D eigenvalue weighted by molar-refractivity contribution is -0.126. The van der Waals surface area contributed by atoms with Crippen LogP contribution in [0.3, 0.4) is 0 Å². The van der Waals surface area contributed by atoms with Gasteiger partial charge in [0.1, 0.15) is 0 Å². The van der Waals surface area contributed by atoms with Crippen LogP contribution in [0.4, 0.5) is 5.69 Å². The van der Waals surface area contributed by atoms with Crippen LogP contribution in [-0.2, 0) is 26.2 Å². The third kappa shape index (κ3) is 4.85. The fraction of sp³-hybridized carbons (Fsp3) is 0.440. The number of benzene rings is 2. The van der Waals surface area contributed by atoms with Crippen LogP contribution in [0, 0.1) is 11.8 Å². The number of piperidine rings is 1. The van der Waals surface area contributed by atoms with Crippen molar-refractivity contribution < 1.29 is 27.5 Å². The number of hydrogen-bond donors (Lipinski definition) is 1. The molecular formula is C25H29N3O6S. The number of carbonyl (C=O) groups excluding carboxylic acids is 2. The molecule has 2 amide bonds. The van der Waals surface area contributed by atoms with Gasteiger partial charge in [-0.15, -0.1) is 0 Å². The van der Waals surface area contributed by atoms with Crippen molar-refractivity contribution in [3.05, 3.63) is 48.0 Å². The summed E-state index contributed by atoms with van der Waals surface area (Å²) in [6, 6.07) is 11.9. The second-order valence-corrected chi connectivity index (χ2v) is 11.3. The highest BCUT2D eigenvalue weighted by molar-refractivity contribution is 7.89. The Morgan fingerprint density at radius 3 is 2.51 bits per heavy atom. The van der Waals surface area contributed by atoms with Crippen molar-refractivity contribution in [2.24, 2.45) is 11.8 Å². The first-order valence-corrected chi connectivity index (χ1v) is 13.3. The van der Waals surface area contributed by atoms with E-state index in [4.69, 9.17) is 9.47 Å². The molecule has 2 saturated heterocycles. The van der Waals surface area contributed by atoms with Gasteiger partial charge in [0.25, 0.3) is 0 Å². The average Bonchev–Trinajstić information content (AvgIpc) is 3.49. The predicted molar refractivity (Wildman–Crippen MR) is 128 cm³/mol. The zero-order valence-corrected chi connectivity index (χ0v) is 20.4. The lowest BCUT2D eigenvalue weighted by Crippen LogP contribution is -2.37. The van der Waals surface area contributed by atoms with Gasteiger partial charge in [0.2, 0.25) is 28.6 Å². The molecule has 186 valence electrons. The summed E-state index contributed by atoms with van der Waals surface area (Å²) in [5.41, 5.74) is 1.47. The second-order valence-electron chi connectivity index (χ2n) is 9.39. The smallest absolute Gasteiger partial charge is 0.243 e. The van der Waals surface area contributed by atoms with E-state index >= 15 is 0 Å². The summed E-state index contributed by atoms with van der Waals surface area (Å²) in [7, 11) is -3.55. The minimum absolute atomic E-state index is 0.110. The average molecular weight is 500 g/mol. The number of nitrogens with one attached hydrogen (secondary N) is 1. The standard InChI is InChI=1S/C25H29N3O6S/c1-17-8-10-27(11-9-17)35(31,32)21-5-3-20(4-6-21)28-15-19(13-24(28)29)25(30)26-14-18-2-7-22-23(12-18)34-16-33-22/h2-7,12,17,19H,8-11,13-16H2,1H3,(H,26,30). The second kappa shape index (κ2) is 9.50. The van der Waals surface area contributed by atoms with Gasteiger partial charge in [-0.3, -0.25) is 9.59 Å². The predicted octanol–water partition coefficient (Wildman–Crippen LogP) is 2.51. The summed E-state index contributed by atoms with van der Waals surface area (Å²) < 4.78 is 38.1. The van der Waals surface area contributed by atoms with Gasteiger partial charge < -0.3 is 19.7 Å². The number of amides is 2. The van der Waals surface area contributed by atoms with Crippen LogP contribution < -0.4 is 19.7 Å². The fourth-order valence-corrected chi connectivity index (χ4v) is 6.16. The highest BCUT2D eigenvalue weighted by Crippen LogP contribution is 2.33. The van der Waals surface area contributed by atoms with E-state index in [0.29, 0.717) is 42.7 Å². The third-order valence-electron chi connectivity index (χ3n) is 6.93. The molecule has 2 aromatic carbocycles. The molecule has 0 spiro atoms. The molecule has 1 atom stereocenters. The lowest BCUT2D eigenvalue weighted by Gasteiger charge is -2.29. The molecule has 3 heterocycles. The summed E-state index contributed by atoms with van der Waals surface area (Å²) in [6.45, 7) is 3.95. The zero-order chi connectivity index (χ0) is 24.6. The van der Waals surface area contributed by atoms with Crippen LogP contribution >= 0.6 is 0 Å². The maximum atomic E-state index is 13.0. The van der Waals surface area contributed by atoms with Crippen LogP contribution in [0.1, 0.15) is 31.7 Å². The van der Waals surface area contributed by atoms with Gasteiger partial charge in [0.05, 0.1) is 10.8 Å². The maximum Gasteiger partial charge on any atom is 0.243 e. The molecule has 5 rings (SSSR count). The minimum Gasteiger partial charge on any atom is -0.454 e. The van der Waals surface area contributed by atoms with E-state index in [-0.39, 0.29) is 36.5 Å². The topological polar surface area (TPSA) is 105 Å². The summed E-state index contributed by atoms with van der Waals surface area (Å²) >= 11 is 0. The highest BCUT2D eigenvalue weighted by Gasteiger charge is 2.35. The van der Waals surface area contributed by atoms with Crippen molar-refractivity contribution in [2.45, 2.75) is 37.6 Å². The number of carbonyl (C=O) groups is 2. The Labute approximate surface area is 205 Å². The number of sulfonamides is 1. The summed E-state index contributed by atoms with van der Waals surface area (Å²) in [4.78, 5) is 27.1. The van der Waals surface area contributed by atoms with E-state index in [1.54, 1.807) is 35.2 Å². The van der Waals surface area contributed by atoms with Crippen molar-refractivity contribution in [1.29, 1.82) is 0 Å². The Hall–Kier alpha value is -3.11. The lowest BCUT2D eigenvalue weighted by atomic mass is 10.0. The minimum atomic E-state index is -3.55. The fourth-order valence-electron chi connectivity index (χ4n) is 4.69. The van der Waals surface area contributed by atoms with Crippen molar-refractivity contribution in [3.8, 4) is 11.5 Å². The van der Waals surface area contributed by atoms with Crippen molar-refractivity contribution >= 4 is 27.5 Å². The third-order valence-corrected chi connectivity index (χ3v) is 8.84. The number of fused-ring (bicyclic) bond motifs is 1. The molecule has 3 aliphatic heterocycles. The Kier molecular flexibility index (Phi) is 6.41. The first-order valence-electron chi connectivity index (χ1n) is 11.9. The number of ether oxygens (including phenoxy) is 2. The molecule has 0 radical (unpaired) electrons. The van der Waals surface area contributed by atoms with Crippen molar-refractivity contribution in [1.82, 2.24) is 9.62 Å². The van der Waals surface area contributed by atoms with E-state index in [1.165, 1.54) is 4.31 Å². The summed E-state index contributed by atoms with van der Waals surface area (Å²) in [5, 5.41) is 2.89. The molecule has 10 heteroatoms. The van der Waals surface area contributed by atoms with Gasteiger partial charge in [-0.05, 0) is 60.7 Å². The molecule has 2 fully saturated rings. The van der Waals surface area contributed by atoms with Gasteiger partial charge in [-0.2, -0.15) is 4.31 Å². The summed E-state index contributed by atoms with van der Waals surface area (Å²) in [6.07, 6.45) is 1.83. The van der Waals surface area contributed by atoms with Crippen LogP contribution in [0.2, 0.25) is 0 Å². The van der Waals surface area contributed by atoms with Gasteiger partial charge in [-0.25, -0.2) is 8.42 Å². The quantitative estimate of drug-likeness (QED) is 0.655. The van der Waals surface area contributed by atoms with Crippen molar-refractivity contribution in [3.63, 3.8) is 0 Å². The highest BCUT2D eigenvalue weighted by atomic mass is 32.2. The first-order chi connectivity index (χ1) is 16.8. The Bertz CT molecular complexity index is 1220. The van der Waals surface area contributed by atoms with Gasteiger partial charge in [-0.1, -0.05) is 13.0 Å². The number of rotatable bonds is 6. The van der Waals surface area contributed by atoms with Gasteiger partial charge in [0, 0.05) is 38.3 Å². The molecule has 1 N–H and O–H groups in total. The van der Waals surface area contributed by atoms with Crippen LogP contribution in [-0.4, -0.2) is 51.0 Å². The first kappa shape index (κ1) is 23.6. The number of nitrogens with zero attached hydrogens (tertiary/aromatic N) is 2. The van der Waals surface area contributed by atoms with Gasteiger partial charge in [0.15, 0.2) is 11.5 Å². The van der Waals surface area contributed by atoms with E-state index in [2.05, 4.69) is 12.2 Å². The molecule has 0 saturated carbocycles. The van der Waals surface area contributed by atoms with Crippen LogP contribution in [0.25, 0.3) is 0 Å². The van der Waals surface area contributed by atoms with E-state index in [1.807, 2.05) is 12.1 Å². The summed E-state index contributed by atoms with van der Waals surface area (Å²) in [5.74, 6) is 1.04. The molecule has 3 aliphatic rings. The molecule has 2 aromatic rings. The van der Waals surface area contributed by atoms with E-state index in [9.17, 15) is 18.0 Å². The van der Waals surface area contributed by atoms with E-state index < -0.39 is 15.9 Å². The normalized spacial score (nSPS) is 20.9. The van der Waals surface area contributed by atoms with Crippen LogP contribution in [0.5, 0.6) is 11.5 Å². The number of anilines is 1. The van der Waals surface area contributed by atoms with E-state index in [0.717, 1.165) is 18.4 Å². The monoisotopic (exact) mass is 499 g/mol. The molecule has 0 bridgehead atoms. The Balaban J connectivity index is 1.19. The molecule has 0 aliphatic carbocycles. The van der Waals surface area contributed by atoms with Gasteiger partial charge >= 0.3 is 0 Å².